The van der Waals surface area contributed by atoms with Gasteiger partial charge in [0.05, 0.1) is 50.9 Å². The highest BCUT2D eigenvalue weighted by Gasteiger charge is 2.25. The van der Waals surface area contributed by atoms with Crippen LogP contribution in [0.5, 0.6) is 0 Å². The van der Waals surface area contributed by atoms with Gasteiger partial charge in [0.1, 0.15) is 11.0 Å². The van der Waals surface area contributed by atoms with Crippen LogP contribution in [0.3, 0.4) is 0 Å². The number of morpholine rings is 1. The number of nitrogens with zero attached hydrogens (tertiary/aromatic N) is 2. The van der Waals surface area contributed by atoms with E-state index in [1.54, 1.807) is 0 Å². The highest BCUT2D eigenvalue weighted by Crippen LogP contribution is 2.28. The summed E-state index contributed by atoms with van der Waals surface area (Å²) in [7, 11) is -3.72. The number of nitriles is 1. The van der Waals surface area contributed by atoms with Crippen LogP contribution in [0.25, 0.3) is 16.8 Å². The average Bonchev–Trinajstić information content (AvgIpc) is 2.85. The van der Waals surface area contributed by atoms with Crippen molar-refractivity contribution in [2.24, 2.45) is 0 Å². The quantitative estimate of drug-likeness (QED) is 0.348. The zero-order valence-electron chi connectivity index (χ0n) is 20.4. The molecule has 2 aromatic carbocycles. The third-order valence-electron chi connectivity index (χ3n) is 6.12. The van der Waals surface area contributed by atoms with Crippen molar-refractivity contribution in [2.75, 3.05) is 56.8 Å². The summed E-state index contributed by atoms with van der Waals surface area (Å²) in [5, 5.41) is 20.2. The summed E-state index contributed by atoms with van der Waals surface area (Å²) in [5.74, 6) is -0.170. The Morgan fingerprint density at radius 2 is 1.86 bits per heavy atom. The number of fused-ring (bicyclic) bond motifs is 1. The van der Waals surface area contributed by atoms with E-state index in [9.17, 15) is 13.7 Å². The van der Waals surface area contributed by atoms with E-state index < -0.39 is 9.84 Å². The molecule has 9 heteroatoms. The largest absolute Gasteiger partial charge is 0.394 e. The minimum atomic E-state index is -3.72. The summed E-state index contributed by atoms with van der Waals surface area (Å²) in [4.78, 5) is 2.09. The Balaban J connectivity index is 1.65. The van der Waals surface area contributed by atoms with Gasteiger partial charge < -0.3 is 24.2 Å². The van der Waals surface area contributed by atoms with Crippen LogP contribution in [-0.4, -0.2) is 77.6 Å². The predicted molar refractivity (Wildman–Crippen MR) is 137 cm³/mol. The third-order valence-corrected chi connectivity index (χ3v) is 7.82. The van der Waals surface area contributed by atoms with Gasteiger partial charge in [-0.25, -0.2) is 8.42 Å². The lowest BCUT2D eigenvalue weighted by atomic mass is 10.0. The van der Waals surface area contributed by atoms with Crippen LogP contribution in [0.2, 0.25) is 0 Å². The van der Waals surface area contributed by atoms with Crippen LogP contribution in [-0.2, 0) is 24.0 Å². The molecule has 0 aliphatic carbocycles. The SMILES string of the molecule is CC1OCCN(c2ccc3cc(/C=C(\C#N)S(=O)(=O)CCCOCCOCCO)ccc3c2)C1C. The second kappa shape index (κ2) is 13.0. The molecular formula is C26H34N2O6S. The molecule has 35 heavy (non-hydrogen) atoms. The molecule has 1 fully saturated rings. The van der Waals surface area contributed by atoms with E-state index in [-0.39, 0.29) is 49.0 Å². The van der Waals surface area contributed by atoms with Crippen molar-refractivity contribution in [3.63, 3.8) is 0 Å². The number of benzene rings is 2. The zero-order valence-corrected chi connectivity index (χ0v) is 21.2. The number of hydrogen-bond donors (Lipinski definition) is 1. The van der Waals surface area contributed by atoms with E-state index in [4.69, 9.17) is 19.3 Å². The summed E-state index contributed by atoms with van der Waals surface area (Å²) in [5.41, 5.74) is 1.79. The maximum absolute atomic E-state index is 12.7. The number of aliphatic hydroxyl groups excluding tert-OH is 1. The molecule has 0 aromatic heterocycles. The van der Waals surface area contributed by atoms with Crippen LogP contribution < -0.4 is 4.90 Å². The third kappa shape index (κ3) is 7.50. The fourth-order valence-electron chi connectivity index (χ4n) is 4.01. The molecular weight excluding hydrogens is 468 g/mol. The highest BCUT2D eigenvalue weighted by molar-refractivity contribution is 7.95. The van der Waals surface area contributed by atoms with Crippen molar-refractivity contribution in [1.29, 1.82) is 5.26 Å². The van der Waals surface area contributed by atoms with Crippen molar-refractivity contribution in [3.8, 4) is 6.07 Å². The first-order valence-electron chi connectivity index (χ1n) is 11.9. The second-order valence-corrected chi connectivity index (χ2v) is 10.6. The maximum Gasteiger partial charge on any atom is 0.188 e. The Kier molecular flexibility index (Phi) is 10.1. The minimum absolute atomic E-state index is 0.0488. The lowest BCUT2D eigenvalue weighted by molar-refractivity contribution is 0.0284. The van der Waals surface area contributed by atoms with Crippen molar-refractivity contribution in [2.45, 2.75) is 32.4 Å². The normalized spacial score (nSPS) is 19.1. The van der Waals surface area contributed by atoms with E-state index >= 15 is 0 Å². The summed E-state index contributed by atoms with van der Waals surface area (Å²) < 4.78 is 41.5. The summed E-state index contributed by atoms with van der Waals surface area (Å²) in [6.07, 6.45) is 1.87. The first-order valence-corrected chi connectivity index (χ1v) is 13.5. The van der Waals surface area contributed by atoms with Gasteiger partial charge in [-0.2, -0.15) is 5.26 Å². The summed E-state index contributed by atoms with van der Waals surface area (Å²) in [6.45, 7) is 6.88. The Morgan fingerprint density at radius 1 is 1.14 bits per heavy atom. The van der Waals surface area contributed by atoms with E-state index in [1.165, 1.54) is 6.08 Å². The molecule has 3 rings (SSSR count). The molecule has 0 spiro atoms. The monoisotopic (exact) mass is 502 g/mol. The average molecular weight is 503 g/mol. The second-order valence-electron chi connectivity index (χ2n) is 8.54. The molecule has 190 valence electrons. The van der Waals surface area contributed by atoms with Crippen LogP contribution in [0.1, 0.15) is 25.8 Å². The van der Waals surface area contributed by atoms with Crippen molar-refractivity contribution in [3.05, 3.63) is 46.9 Å². The first kappa shape index (κ1) is 27.1. The van der Waals surface area contributed by atoms with Gasteiger partial charge in [0, 0.05) is 18.8 Å². The van der Waals surface area contributed by atoms with Gasteiger partial charge in [0.2, 0.25) is 0 Å². The Hall–Kier alpha value is -2.48. The Labute approximate surface area is 207 Å². The van der Waals surface area contributed by atoms with Gasteiger partial charge >= 0.3 is 0 Å². The number of aliphatic hydroxyl groups is 1. The molecule has 2 atom stereocenters. The van der Waals surface area contributed by atoms with Crippen molar-refractivity contribution in [1.82, 2.24) is 0 Å². The summed E-state index contributed by atoms with van der Waals surface area (Å²) >= 11 is 0. The Morgan fingerprint density at radius 3 is 2.60 bits per heavy atom. The lowest BCUT2D eigenvalue weighted by Crippen LogP contribution is -2.48. The number of ether oxygens (including phenoxy) is 3. The number of allylic oxidation sites excluding steroid dienone is 1. The molecule has 0 bridgehead atoms. The molecule has 1 saturated heterocycles. The molecule has 2 unspecified atom stereocenters. The van der Waals surface area contributed by atoms with Gasteiger partial charge in [-0.1, -0.05) is 18.2 Å². The van der Waals surface area contributed by atoms with Crippen LogP contribution in [0.15, 0.2) is 41.3 Å². The topological polar surface area (TPSA) is 109 Å². The van der Waals surface area contributed by atoms with Gasteiger partial charge in [-0.15, -0.1) is 0 Å². The molecule has 2 aromatic rings. The summed E-state index contributed by atoms with van der Waals surface area (Å²) in [6, 6.07) is 14.0. The van der Waals surface area contributed by atoms with Crippen molar-refractivity contribution < 1.29 is 27.7 Å². The zero-order chi connectivity index (χ0) is 25.3. The van der Waals surface area contributed by atoms with Crippen LogP contribution >= 0.6 is 0 Å². The van der Waals surface area contributed by atoms with Crippen LogP contribution in [0.4, 0.5) is 5.69 Å². The molecule has 0 saturated carbocycles. The van der Waals surface area contributed by atoms with E-state index in [2.05, 4.69) is 30.9 Å². The highest BCUT2D eigenvalue weighted by atomic mass is 32.2. The van der Waals surface area contributed by atoms with Crippen molar-refractivity contribution >= 4 is 32.4 Å². The van der Waals surface area contributed by atoms with Gasteiger partial charge in [0.25, 0.3) is 0 Å². The van der Waals surface area contributed by atoms with E-state index in [1.807, 2.05) is 30.3 Å². The van der Waals surface area contributed by atoms with Gasteiger partial charge in [-0.05, 0) is 60.9 Å². The number of hydrogen-bond acceptors (Lipinski definition) is 8. The van der Waals surface area contributed by atoms with E-state index in [0.29, 0.717) is 25.4 Å². The number of rotatable bonds is 12. The van der Waals surface area contributed by atoms with Gasteiger partial charge in [0.15, 0.2) is 9.84 Å². The lowest BCUT2D eigenvalue weighted by Gasteiger charge is -2.39. The van der Waals surface area contributed by atoms with Crippen LogP contribution in [0, 0.1) is 11.3 Å². The standard InChI is InChI=1S/C26H34N2O6S/c1-20-21(2)34-11-8-28(20)25-7-6-23-16-22(4-5-24(23)18-25)17-26(19-27)35(30,31)15-3-10-32-13-14-33-12-9-29/h4-7,16-18,20-21,29H,3,8-15H2,1-2H3/b26-17+. The molecule has 0 amide bonds. The molecule has 8 nitrogen and oxygen atoms in total. The molecule has 1 N–H and O–H groups in total. The Bertz CT molecular complexity index is 1160. The molecule has 1 heterocycles. The smallest absolute Gasteiger partial charge is 0.188 e. The molecule has 1 aliphatic heterocycles. The maximum atomic E-state index is 12.7. The fraction of sp³-hybridized carbons (Fsp3) is 0.500. The molecule has 0 radical (unpaired) electrons. The fourth-order valence-corrected chi connectivity index (χ4v) is 5.18. The minimum Gasteiger partial charge on any atom is -0.394 e. The molecule has 1 aliphatic rings. The predicted octanol–water partition coefficient (Wildman–Crippen LogP) is 3.15. The number of sulfone groups is 1. The first-order chi connectivity index (χ1) is 16.9. The van der Waals surface area contributed by atoms with E-state index in [0.717, 1.165) is 23.0 Å². The van der Waals surface area contributed by atoms with Gasteiger partial charge in [-0.3, -0.25) is 0 Å². The number of anilines is 1.